The van der Waals surface area contributed by atoms with Gasteiger partial charge in [0.2, 0.25) is 5.95 Å². The third kappa shape index (κ3) is 2.91. The Balaban J connectivity index is 1.66. The van der Waals surface area contributed by atoms with Crippen molar-refractivity contribution in [3.63, 3.8) is 0 Å². The van der Waals surface area contributed by atoms with Crippen LogP contribution in [0.4, 0.5) is 5.95 Å². The van der Waals surface area contributed by atoms with Crippen molar-refractivity contribution in [2.75, 3.05) is 12.3 Å². The van der Waals surface area contributed by atoms with Gasteiger partial charge in [-0.1, -0.05) is 19.3 Å². The predicted octanol–water partition coefficient (Wildman–Crippen LogP) is 3.56. The number of hydrogen-bond donors (Lipinski definition) is 2. The second kappa shape index (κ2) is 6.47. The molecule has 6 heteroatoms. The van der Waals surface area contributed by atoms with Crippen molar-refractivity contribution < 1.29 is 4.74 Å². The molecule has 1 fully saturated rings. The summed E-state index contributed by atoms with van der Waals surface area (Å²) in [6, 6.07) is 3.77. The molecule has 0 saturated heterocycles. The standard InChI is InChI=1S/C18H21N5O/c19-18-21-8-6-14(23-18)13-10-22-17-16(13)15(7-9-20-17)24-11-12-4-2-1-3-5-12/h6-10,12H,1-5,11H2,(H,20,22)(H2,19,21,23). The Morgan fingerprint density at radius 1 is 1.12 bits per heavy atom. The predicted molar refractivity (Wildman–Crippen MR) is 93.6 cm³/mol. The SMILES string of the molecule is Nc1nccc(-c2c[nH]c3nccc(OCC4CCCCC4)c23)n1. The molecule has 1 aliphatic carbocycles. The molecule has 3 aromatic heterocycles. The minimum absolute atomic E-state index is 0.260. The van der Waals surface area contributed by atoms with Crippen LogP contribution in [0, 0.1) is 5.92 Å². The first-order chi connectivity index (χ1) is 11.8. The molecule has 0 aliphatic heterocycles. The van der Waals surface area contributed by atoms with Gasteiger partial charge in [-0.15, -0.1) is 0 Å². The third-order valence-electron chi connectivity index (χ3n) is 4.68. The van der Waals surface area contributed by atoms with Crippen LogP contribution in [0.5, 0.6) is 5.75 Å². The van der Waals surface area contributed by atoms with Gasteiger partial charge in [-0.05, 0) is 30.9 Å². The second-order valence-corrected chi connectivity index (χ2v) is 6.35. The van der Waals surface area contributed by atoms with Gasteiger partial charge in [0.25, 0.3) is 0 Å². The number of nitrogen functional groups attached to an aromatic ring is 1. The van der Waals surface area contributed by atoms with Gasteiger partial charge in [0.05, 0.1) is 17.7 Å². The van der Waals surface area contributed by atoms with Crippen molar-refractivity contribution >= 4 is 17.0 Å². The van der Waals surface area contributed by atoms with E-state index >= 15 is 0 Å². The molecule has 0 radical (unpaired) electrons. The van der Waals surface area contributed by atoms with E-state index in [0.29, 0.717) is 5.92 Å². The second-order valence-electron chi connectivity index (χ2n) is 6.35. The molecule has 0 unspecified atom stereocenters. The van der Waals surface area contributed by atoms with Gasteiger partial charge in [0.1, 0.15) is 11.4 Å². The summed E-state index contributed by atoms with van der Waals surface area (Å²) < 4.78 is 6.17. The highest BCUT2D eigenvalue weighted by Crippen LogP contribution is 2.34. The Hall–Kier alpha value is -2.63. The number of hydrogen-bond acceptors (Lipinski definition) is 5. The molecule has 1 aliphatic rings. The van der Waals surface area contributed by atoms with Crippen molar-refractivity contribution in [3.05, 3.63) is 30.7 Å². The van der Waals surface area contributed by atoms with E-state index in [0.717, 1.165) is 34.6 Å². The van der Waals surface area contributed by atoms with E-state index in [4.69, 9.17) is 10.5 Å². The number of aromatic amines is 1. The number of pyridine rings is 1. The lowest BCUT2D eigenvalue weighted by Crippen LogP contribution is -2.15. The molecule has 0 atom stereocenters. The average Bonchev–Trinajstić information content (AvgIpc) is 3.05. The molecule has 1 saturated carbocycles. The van der Waals surface area contributed by atoms with Crippen LogP contribution in [0.2, 0.25) is 0 Å². The molecule has 3 heterocycles. The normalized spacial score (nSPS) is 15.7. The van der Waals surface area contributed by atoms with E-state index in [9.17, 15) is 0 Å². The highest BCUT2D eigenvalue weighted by Gasteiger charge is 2.17. The summed E-state index contributed by atoms with van der Waals surface area (Å²) >= 11 is 0. The fourth-order valence-corrected chi connectivity index (χ4v) is 3.43. The van der Waals surface area contributed by atoms with E-state index in [1.807, 2.05) is 18.3 Å². The Kier molecular flexibility index (Phi) is 4.02. The largest absolute Gasteiger partial charge is 0.492 e. The van der Waals surface area contributed by atoms with Crippen LogP contribution in [0.25, 0.3) is 22.3 Å². The maximum Gasteiger partial charge on any atom is 0.220 e. The van der Waals surface area contributed by atoms with E-state index in [2.05, 4.69) is 19.9 Å². The lowest BCUT2D eigenvalue weighted by Gasteiger charge is -2.21. The molecule has 0 amide bonds. The van der Waals surface area contributed by atoms with Crippen molar-refractivity contribution in [3.8, 4) is 17.0 Å². The Labute approximate surface area is 140 Å². The lowest BCUT2D eigenvalue weighted by atomic mass is 9.90. The van der Waals surface area contributed by atoms with E-state index in [1.165, 1.54) is 32.1 Å². The topological polar surface area (TPSA) is 89.7 Å². The molecule has 0 aromatic carbocycles. The van der Waals surface area contributed by atoms with Crippen LogP contribution in [0.1, 0.15) is 32.1 Å². The van der Waals surface area contributed by atoms with Gasteiger partial charge in [-0.2, -0.15) is 0 Å². The smallest absolute Gasteiger partial charge is 0.220 e. The monoisotopic (exact) mass is 323 g/mol. The summed E-state index contributed by atoms with van der Waals surface area (Å²) in [5.74, 6) is 1.76. The van der Waals surface area contributed by atoms with Crippen LogP contribution in [0.3, 0.4) is 0 Å². The number of H-pyrrole nitrogens is 1. The molecule has 124 valence electrons. The van der Waals surface area contributed by atoms with Crippen molar-refractivity contribution in [2.24, 2.45) is 5.92 Å². The maximum absolute atomic E-state index is 6.17. The fourth-order valence-electron chi connectivity index (χ4n) is 3.43. The number of nitrogens with one attached hydrogen (secondary N) is 1. The third-order valence-corrected chi connectivity index (χ3v) is 4.68. The first kappa shape index (κ1) is 14.9. The first-order valence-electron chi connectivity index (χ1n) is 8.49. The van der Waals surface area contributed by atoms with Gasteiger partial charge in [-0.25, -0.2) is 15.0 Å². The first-order valence-corrected chi connectivity index (χ1v) is 8.49. The van der Waals surface area contributed by atoms with Crippen LogP contribution < -0.4 is 10.5 Å². The number of anilines is 1. The summed E-state index contributed by atoms with van der Waals surface area (Å²) in [7, 11) is 0. The van der Waals surface area contributed by atoms with E-state index in [-0.39, 0.29) is 5.95 Å². The van der Waals surface area contributed by atoms with Crippen LogP contribution in [-0.4, -0.2) is 26.5 Å². The van der Waals surface area contributed by atoms with E-state index < -0.39 is 0 Å². The number of aromatic nitrogens is 4. The quantitative estimate of drug-likeness (QED) is 0.766. The Morgan fingerprint density at radius 2 is 1.96 bits per heavy atom. The number of fused-ring (bicyclic) bond motifs is 1. The van der Waals surface area contributed by atoms with Crippen molar-refractivity contribution in [1.29, 1.82) is 0 Å². The minimum atomic E-state index is 0.260. The van der Waals surface area contributed by atoms with Gasteiger partial charge in [0, 0.05) is 24.2 Å². The molecule has 0 bridgehead atoms. The average molecular weight is 323 g/mol. The summed E-state index contributed by atoms with van der Waals surface area (Å²) in [5, 5.41) is 0.950. The number of nitrogens with zero attached hydrogens (tertiary/aromatic N) is 3. The molecule has 4 rings (SSSR count). The Bertz CT molecular complexity index is 838. The highest BCUT2D eigenvalue weighted by molar-refractivity contribution is 5.97. The Morgan fingerprint density at radius 3 is 2.79 bits per heavy atom. The van der Waals surface area contributed by atoms with Crippen molar-refractivity contribution in [1.82, 2.24) is 19.9 Å². The molecule has 3 N–H and O–H groups in total. The van der Waals surface area contributed by atoms with Gasteiger partial charge in [-0.3, -0.25) is 0 Å². The molecule has 3 aromatic rings. The lowest BCUT2D eigenvalue weighted by molar-refractivity contribution is 0.210. The summed E-state index contributed by atoms with van der Waals surface area (Å²) in [5.41, 5.74) is 8.22. The van der Waals surface area contributed by atoms with Crippen LogP contribution >= 0.6 is 0 Å². The van der Waals surface area contributed by atoms with Crippen LogP contribution in [-0.2, 0) is 0 Å². The molecule has 6 nitrogen and oxygen atoms in total. The highest BCUT2D eigenvalue weighted by atomic mass is 16.5. The number of ether oxygens (including phenoxy) is 1. The van der Waals surface area contributed by atoms with Gasteiger partial charge < -0.3 is 15.5 Å². The maximum atomic E-state index is 6.17. The molecular formula is C18H21N5O. The summed E-state index contributed by atoms with van der Waals surface area (Å²) in [6.07, 6.45) is 11.8. The summed E-state index contributed by atoms with van der Waals surface area (Å²) in [4.78, 5) is 15.9. The summed E-state index contributed by atoms with van der Waals surface area (Å²) in [6.45, 7) is 0.760. The molecule has 0 spiro atoms. The van der Waals surface area contributed by atoms with Crippen molar-refractivity contribution in [2.45, 2.75) is 32.1 Å². The minimum Gasteiger partial charge on any atom is -0.492 e. The zero-order chi connectivity index (χ0) is 16.4. The van der Waals surface area contributed by atoms with Gasteiger partial charge >= 0.3 is 0 Å². The number of nitrogens with two attached hydrogens (primary N) is 1. The number of rotatable bonds is 4. The van der Waals surface area contributed by atoms with Gasteiger partial charge in [0.15, 0.2) is 0 Å². The molecule has 24 heavy (non-hydrogen) atoms. The van der Waals surface area contributed by atoms with E-state index in [1.54, 1.807) is 12.4 Å². The van der Waals surface area contributed by atoms with Crippen LogP contribution in [0.15, 0.2) is 30.7 Å². The zero-order valence-electron chi connectivity index (χ0n) is 13.5. The fraction of sp³-hybridized carbons (Fsp3) is 0.389. The molecular weight excluding hydrogens is 302 g/mol. The zero-order valence-corrected chi connectivity index (χ0v) is 13.5.